The molecule has 0 aromatic heterocycles. The molecule has 156 valence electrons. The third kappa shape index (κ3) is 5.07. The molecule has 4 unspecified atom stereocenters. The van der Waals surface area contributed by atoms with Gasteiger partial charge in [-0.25, -0.2) is 0 Å². The number of rotatable bonds is 7. The van der Waals surface area contributed by atoms with E-state index in [0.29, 0.717) is 0 Å². The normalized spacial score (nSPS) is 36.0. The van der Waals surface area contributed by atoms with Crippen LogP contribution in [0.1, 0.15) is 12.0 Å². The second-order valence-corrected chi connectivity index (χ2v) is 6.76. The molecule has 9 heteroatoms. The smallest absolute Gasteiger partial charge is 0.228 e. The lowest BCUT2D eigenvalue weighted by Crippen LogP contribution is -2.51. The van der Waals surface area contributed by atoms with Gasteiger partial charge in [-0.2, -0.15) is 0 Å². The van der Waals surface area contributed by atoms with E-state index in [2.05, 4.69) is 0 Å². The lowest BCUT2D eigenvalue weighted by atomic mass is 10.0. The predicted octanol–water partition coefficient (Wildman–Crippen LogP) is -0.989. The third-order valence-electron chi connectivity index (χ3n) is 4.61. The lowest BCUT2D eigenvalue weighted by Gasteiger charge is -2.39. The average Bonchev–Trinajstić information content (AvgIpc) is 2.72. The molecule has 2 heterocycles. The highest BCUT2D eigenvalue weighted by Gasteiger charge is 2.41. The molecular formula is C19H26O9. The van der Waals surface area contributed by atoms with E-state index in [4.69, 9.17) is 18.9 Å². The Bertz CT molecular complexity index is 638. The Morgan fingerprint density at radius 1 is 0.964 bits per heavy atom. The van der Waals surface area contributed by atoms with E-state index >= 15 is 0 Å². The number of hydrogen-bond donors (Lipinski definition) is 5. The fourth-order valence-electron chi connectivity index (χ4n) is 3.05. The summed E-state index contributed by atoms with van der Waals surface area (Å²) in [5.41, 5.74) is 0.871. The summed E-state index contributed by atoms with van der Waals surface area (Å²) >= 11 is 0. The lowest BCUT2D eigenvalue weighted by molar-refractivity contribution is -0.277. The topological polar surface area (TPSA) is 138 Å². The van der Waals surface area contributed by atoms with Crippen LogP contribution in [0.4, 0.5) is 0 Å². The minimum absolute atomic E-state index is 0.0156. The number of aliphatic hydroxyl groups excluding tert-OH is 5. The van der Waals surface area contributed by atoms with Gasteiger partial charge >= 0.3 is 0 Å². The summed E-state index contributed by atoms with van der Waals surface area (Å²) in [4.78, 5) is 0. The van der Waals surface area contributed by atoms with Gasteiger partial charge in [0, 0.05) is 6.42 Å². The van der Waals surface area contributed by atoms with Crippen molar-refractivity contribution < 1.29 is 44.5 Å². The molecule has 1 saturated heterocycles. The maximum Gasteiger partial charge on any atom is 0.228 e. The monoisotopic (exact) mass is 398 g/mol. The van der Waals surface area contributed by atoms with Crippen molar-refractivity contribution >= 4 is 0 Å². The minimum Gasteiger partial charge on any atom is -0.464 e. The Morgan fingerprint density at radius 2 is 1.71 bits per heavy atom. The number of hydrogen-bond acceptors (Lipinski definition) is 9. The van der Waals surface area contributed by atoms with Crippen molar-refractivity contribution in [3.8, 4) is 0 Å². The van der Waals surface area contributed by atoms with Gasteiger partial charge in [0.2, 0.25) is 6.29 Å². The first kappa shape index (κ1) is 21.2. The molecule has 1 fully saturated rings. The van der Waals surface area contributed by atoms with E-state index in [9.17, 15) is 25.5 Å². The van der Waals surface area contributed by atoms with E-state index in [0.717, 1.165) is 5.56 Å². The molecule has 0 saturated carbocycles. The molecular weight excluding hydrogens is 372 g/mol. The first-order chi connectivity index (χ1) is 13.5. The van der Waals surface area contributed by atoms with Crippen molar-refractivity contribution in [2.45, 2.75) is 56.1 Å². The Hall–Kier alpha value is -1.56. The van der Waals surface area contributed by atoms with Gasteiger partial charge in [0.25, 0.3) is 0 Å². The minimum atomic E-state index is -1.37. The zero-order valence-corrected chi connectivity index (χ0v) is 15.2. The predicted molar refractivity (Wildman–Crippen MR) is 94.5 cm³/mol. The number of ether oxygens (including phenoxy) is 4. The molecule has 0 radical (unpaired) electrons. The Kier molecular flexibility index (Phi) is 7.38. The van der Waals surface area contributed by atoms with Gasteiger partial charge in [0.1, 0.15) is 18.0 Å². The van der Waals surface area contributed by atoms with Crippen LogP contribution in [-0.2, 0) is 25.6 Å². The van der Waals surface area contributed by atoms with Crippen molar-refractivity contribution in [1.82, 2.24) is 0 Å². The molecule has 9 nitrogen and oxygen atoms in total. The van der Waals surface area contributed by atoms with Gasteiger partial charge in [-0.15, -0.1) is 0 Å². The first-order valence-corrected chi connectivity index (χ1v) is 9.12. The summed E-state index contributed by atoms with van der Waals surface area (Å²) in [5.74, 6) is -0.0156. The van der Waals surface area contributed by atoms with Crippen LogP contribution in [0.15, 0.2) is 42.2 Å². The van der Waals surface area contributed by atoms with E-state index < -0.39 is 43.1 Å². The quantitative estimate of drug-likeness (QED) is 0.392. The molecule has 7 atom stereocenters. The van der Waals surface area contributed by atoms with Crippen LogP contribution in [-0.4, -0.2) is 81.8 Å². The maximum absolute atomic E-state index is 10.6. The van der Waals surface area contributed by atoms with Crippen LogP contribution in [0.3, 0.4) is 0 Å². The molecule has 2 aliphatic rings. The fraction of sp³-hybridized carbons (Fsp3) is 0.579. The Morgan fingerprint density at radius 3 is 2.39 bits per heavy atom. The highest BCUT2D eigenvalue weighted by Crippen LogP contribution is 2.28. The average molecular weight is 398 g/mol. The van der Waals surface area contributed by atoms with Gasteiger partial charge in [0.15, 0.2) is 12.4 Å². The van der Waals surface area contributed by atoms with Crippen molar-refractivity contribution in [2.24, 2.45) is 0 Å². The summed E-state index contributed by atoms with van der Waals surface area (Å²) in [7, 11) is 0. The van der Waals surface area contributed by atoms with Crippen LogP contribution in [0, 0.1) is 0 Å². The van der Waals surface area contributed by atoms with Gasteiger partial charge in [0.05, 0.1) is 32.0 Å². The SMILES string of the molecule is OCC1C=C(O[C@@H]2OC(CO)C[C@H](O)C2O)C(O)[C@H](OCc2ccccc2)O1. The van der Waals surface area contributed by atoms with Crippen LogP contribution < -0.4 is 0 Å². The van der Waals surface area contributed by atoms with E-state index in [1.54, 1.807) is 0 Å². The van der Waals surface area contributed by atoms with E-state index in [1.807, 2.05) is 30.3 Å². The summed E-state index contributed by atoms with van der Waals surface area (Å²) in [6, 6.07) is 9.29. The maximum atomic E-state index is 10.6. The molecule has 0 spiro atoms. The number of benzene rings is 1. The Labute approximate surface area is 162 Å². The highest BCUT2D eigenvalue weighted by atomic mass is 16.7. The molecule has 1 aromatic rings. The van der Waals surface area contributed by atoms with Gasteiger partial charge in [-0.3, -0.25) is 0 Å². The van der Waals surface area contributed by atoms with Crippen molar-refractivity contribution in [2.75, 3.05) is 13.2 Å². The second kappa shape index (κ2) is 9.77. The van der Waals surface area contributed by atoms with Crippen LogP contribution in [0.5, 0.6) is 0 Å². The van der Waals surface area contributed by atoms with E-state index in [-0.39, 0.29) is 32.0 Å². The van der Waals surface area contributed by atoms with Crippen LogP contribution >= 0.6 is 0 Å². The number of aliphatic hydroxyl groups is 5. The first-order valence-electron chi connectivity index (χ1n) is 9.12. The van der Waals surface area contributed by atoms with Gasteiger partial charge in [-0.05, 0) is 11.6 Å². The molecule has 0 aliphatic carbocycles. The summed E-state index contributed by atoms with van der Waals surface area (Å²) in [6.45, 7) is -0.557. The zero-order chi connectivity index (χ0) is 20.1. The highest BCUT2D eigenvalue weighted by molar-refractivity contribution is 5.14. The standard InChI is InChI=1S/C19H26O9/c20-8-12-6-14(22)16(23)19(27-12)28-15-7-13(9-21)26-18(17(15)24)25-10-11-4-2-1-3-5-11/h1-5,7,12-14,16-24H,6,8-10H2/t12?,13?,14-,16?,17?,18+,19-/m0/s1. The zero-order valence-electron chi connectivity index (χ0n) is 15.2. The molecule has 28 heavy (non-hydrogen) atoms. The van der Waals surface area contributed by atoms with Crippen molar-refractivity contribution in [1.29, 1.82) is 0 Å². The fourth-order valence-corrected chi connectivity index (χ4v) is 3.05. The van der Waals surface area contributed by atoms with Crippen molar-refractivity contribution in [3.63, 3.8) is 0 Å². The summed E-state index contributed by atoms with van der Waals surface area (Å²) < 4.78 is 22.1. The van der Waals surface area contributed by atoms with Gasteiger partial charge < -0.3 is 44.5 Å². The third-order valence-corrected chi connectivity index (χ3v) is 4.61. The van der Waals surface area contributed by atoms with E-state index in [1.165, 1.54) is 6.08 Å². The summed E-state index contributed by atoms with van der Waals surface area (Å²) in [5, 5.41) is 49.3. The molecule has 0 bridgehead atoms. The molecule has 2 aliphatic heterocycles. The largest absolute Gasteiger partial charge is 0.464 e. The second-order valence-electron chi connectivity index (χ2n) is 6.76. The molecule has 1 aromatic carbocycles. The molecule has 0 amide bonds. The van der Waals surface area contributed by atoms with Crippen LogP contribution in [0.2, 0.25) is 0 Å². The van der Waals surface area contributed by atoms with Crippen molar-refractivity contribution in [3.05, 3.63) is 47.7 Å². The van der Waals surface area contributed by atoms with Crippen LogP contribution in [0.25, 0.3) is 0 Å². The Balaban J connectivity index is 1.67. The van der Waals surface area contributed by atoms with Gasteiger partial charge in [-0.1, -0.05) is 30.3 Å². The summed E-state index contributed by atoms with van der Waals surface area (Å²) in [6.07, 6.45) is -6.34. The molecule has 5 N–H and O–H groups in total. The molecule has 3 rings (SSSR count).